The molecule has 94 valence electrons. The highest BCUT2D eigenvalue weighted by Gasteiger charge is 2.07. The predicted molar refractivity (Wildman–Crippen MR) is 64.2 cm³/mol. The van der Waals surface area contributed by atoms with Crippen molar-refractivity contribution in [2.24, 2.45) is 12.9 Å². The number of carbonyl (C=O) groups excluding carboxylic acids is 1. The second kappa shape index (κ2) is 5.23. The fraction of sp³-hybridized carbons (Fsp3) is 0.200. The summed E-state index contributed by atoms with van der Waals surface area (Å²) in [5.41, 5.74) is 3.49. The van der Waals surface area contributed by atoms with Crippen molar-refractivity contribution in [1.29, 1.82) is 0 Å². The van der Waals surface area contributed by atoms with Gasteiger partial charge in [0.1, 0.15) is 5.69 Å². The number of nitrogens with zero attached hydrogens (tertiary/aromatic N) is 4. The van der Waals surface area contributed by atoms with Gasteiger partial charge in [0.15, 0.2) is 5.82 Å². The van der Waals surface area contributed by atoms with Gasteiger partial charge in [0, 0.05) is 25.4 Å². The van der Waals surface area contributed by atoms with Gasteiger partial charge >= 0.3 is 0 Å². The second-order valence-corrected chi connectivity index (χ2v) is 3.64. The van der Waals surface area contributed by atoms with E-state index in [-0.39, 0.29) is 11.6 Å². The number of nitrogen functional groups attached to an aromatic ring is 1. The average molecular weight is 247 g/mol. The Bertz CT molecular complexity index is 533. The third-order valence-corrected chi connectivity index (χ3v) is 2.24. The van der Waals surface area contributed by atoms with Gasteiger partial charge in [-0.25, -0.2) is 15.8 Å². The third kappa shape index (κ3) is 2.80. The summed E-state index contributed by atoms with van der Waals surface area (Å²) in [5, 5.41) is 6.72. The molecule has 0 saturated carbocycles. The molecule has 0 unspecified atom stereocenters. The van der Waals surface area contributed by atoms with E-state index in [2.05, 4.69) is 25.8 Å². The number of hydrogen-bond donors (Lipinski definition) is 3. The van der Waals surface area contributed by atoms with Crippen LogP contribution in [0, 0.1) is 0 Å². The smallest absolute Gasteiger partial charge is 0.271 e. The second-order valence-electron chi connectivity index (χ2n) is 3.64. The average Bonchev–Trinajstić information content (AvgIpc) is 2.82. The molecule has 18 heavy (non-hydrogen) atoms. The van der Waals surface area contributed by atoms with Gasteiger partial charge < -0.3 is 10.7 Å². The number of nitrogens with one attached hydrogen (secondary N) is 2. The first-order chi connectivity index (χ1) is 8.69. The van der Waals surface area contributed by atoms with Crippen LogP contribution >= 0.6 is 0 Å². The van der Waals surface area contributed by atoms with Gasteiger partial charge in [-0.05, 0) is 0 Å². The largest absolute Gasteiger partial charge is 0.346 e. The minimum absolute atomic E-state index is 0.234. The predicted octanol–water partition coefficient (Wildman–Crippen LogP) is -0.574. The van der Waals surface area contributed by atoms with Crippen LogP contribution in [0.5, 0.6) is 0 Å². The molecule has 0 spiro atoms. The van der Waals surface area contributed by atoms with Gasteiger partial charge in [-0.15, -0.1) is 0 Å². The van der Waals surface area contributed by atoms with E-state index in [0.717, 1.165) is 5.56 Å². The lowest BCUT2D eigenvalue weighted by Crippen LogP contribution is -2.24. The van der Waals surface area contributed by atoms with Crippen molar-refractivity contribution in [2.45, 2.75) is 6.54 Å². The normalized spacial score (nSPS) is 10.1. The Kier molecular flexibility index (Phi) is 3.49. The van der Waals surface area contributed by atoms with Crippen molar-refractivity contribution in [3.8, 4) is 0 Å². The van der Waals surface area contributed by atoms with E-state index in [4.69, 9.17) is 5.84 Å². The number of aromatic nitrogens is 4. The lowest BCUT2D eigenvalue weighted by Gasteiger charge is -2.03. The van der Waals surface area contributed by atoms with Crippen LogP contribution in [0.25, 0.3) is 0 Å². The molecule has 0 bridgehead atoms. The Hall–Kier alpha value is -2.48. The maximum absolute atomic E-state index is 11.7. The van der Waals surface area contributed by atoms with E-state index < -0.39 is 0 Å². The topological polar surface area (TPSA) is 111 Å². The van der Waals surface area contributed by atoms with Crippen molar-refractivity contribution in [3.63, 3.8) is 0 Å². The molecule has 0 aromatic carbocycles. The lowest BCUT2D eigenvalue weighted by molar-refractivity contribution is 0.0945. The van der Waals surface area contributed by atoms with Gasteiger partial charge in [-0.2, -0.15) is 5.10 Å². The van der Waals surface area contributed by atoms with Crippen LogP contribution in [0.3, 0.4) is 0 Å². The van der Waals surface area contributed by atoms with E-state index in [1.54, 1.807) is 10.9 Å². The van der Waals surface area contributed by atoms with Gasteiger partial charge in [0.25, 0.3) is 5.91 Å². The first-order valence-electron chi connectivity index (χ1n) is 5.23. The summed E-state index contributed by atoms with van der Waals surface area (Å²) >= 11 is 0. The fourth-order valence-corrected chi connectivity index (χ4v) is 1.36. The van der Waals surface area contributed by atoms with Crippen LogP contribution in [0.1, 0.15) is 16.1 Å². The third-order valence-electron chi connectivity index (χ3n) is 2.24. The van der Waals surface area contributed by atoms with Crippen molar-refractivity contribution in [2.75, 3.05) is 5.43 Å². The molecule has 2 rings (SSSR count). The van der Waals surface area contributed by atoms with E-state index in [1.807, 2.05) is 13.2 Å². The first-order valence-corrected chi connectivity index (χ1v) is 5.23. The van der Waals surface area contributed by atoms with Crippen LogP contribution in [0.2, 0.25) is 0 Å². The van der Waals surface area contributed by atoms with E-state index >= 15 is 0 Å². The highest BCUT2D eigenvalue weighted by molar-refractivity contribution is 5.91. The van der Waals surface area contributed by atoms with Gasteiger partial charge in [0.05, 0.1) is 18.6 Å². The summed E-state index contributed by atoms with van der Waals surface area (Å²) in [4.78, 5) is 19.6. The lowest BCUT2D eigenvalue weighted by atomic mass is 10.3. The summed E-state index contributed by atoms with van der Waals surface area (Å²) in [5.74, 6) is 5.26. The number of carbonyl (C=O) groups is 1. The highest BCUT2D eigenvalue weighted by Crippen LogP contribution is 2.00. The van der Waals surface area contributed by atoms with Crippen LogP contribution < -0.4 is 16.6 Å². The summed E-state index contributed by atoms with van der Waals surface area (Å²) in [7, 11) is 1.81. The van der Waals surface area contributed by atoms with E-state index in [9.17, 15) is 4.79 Å². The van der Waals surface area contributed by atoms with Crippen molar-refractivity contribution in [1.82, 2.24) is 25.1 Å². The summed E-state index contributed by atoms with van der Waals surface area (Å²) in [6.45, 7) is 0.394. The van der Waals surface area contributed by atoms with Crippen LogP contribution in [0.15, 0.2) is 24.8 Å². The van der Waals surface area contributed by atoms with Crippen LogP contribution in [-0.2, 0) is 13.6 Å². The number of nitrogens with two attached hydrogens (primary N) is 1. The number of hydrazine groups is 1. The Balaban J connectivity index is 1.94. The van der Waals surface area contributed by atoms with Crippen molar-refractivity contribution in [3.05, 3.63) is 36.0 Å². The van der Waals surface area contributed by atoms with Crippen molar-refractivity contribution >= 4 is 11.7 Å². The zero-order valence-corrected chi connectivity index (χ0v) is 9.79. The molecule has 2 aromatic rings. The molecule has 1 amide bonds. The van der Waals surface area contributed by atoms with E-state index in [1.165, 1.54) is 12.4 Å². The number of rotatable bonds is 4. The van der Waals surface area contributed by atoms with Crippen LogP contribution in [-0.4, -0.2) is 25.7 Å². The standard InChI is InChI=1S/C10H13N7O/c1-17-6-7(3-15-17)2-14-10(18)8-4-13-9(16-11)5-12-8/h3-6H,2,11H2,1H3,(H,13,16)(H,14,18). The Morgan fingerprint density at radius 1 is 1.39 bits per heavy atom. The van der Waals surface area contributed by atoms with Gasteiger partial charge in [-0.1, -0.05) is 0 Å². The molecule has 0 aliphatic heterocycles. The summed E-state index contributed by atoms with van der Waals surface area (Å²) < 4.78 is 1.67. The Morgan fingerprint density at radius 3 is 2.78 bits per heavy atom. The van der Waals surface area contributed by atoms with E-state index in [0.29, 0.717) is 12.4 Å². The summed E-state index contributed by atoms with van der Waals surface area (Å²) in [6, 6.07) is 0. The minimum Gasteiger partial charge on any atom is -0.346 e. The molecular weight excluding hydrogens is 234 g/mol. The molecular formula is C10H13N7O. The molecule has 0 fully saturated rings. The molecule has 0 aliphatic rings. The number of anilines is 1. The fourth-order valence-electron chi connectivity index (χ4n) is 1.36. The molecule has 2 aromatic heterocycles. The first kappa shape index (κ1) is 12.0. The monoisotopic (exact) mass is 247 g/mol. The molecule has 8 heteroatoms. The molecule has 0 saturated heterocycles. The van der Waals surface area contributed by atoms with Gasteiger partial charge in [0.2, 0.25) is 0 Å². The zero-order chi connectivity index (χ0) is 13.0. The maximum Gasteiger partial charge on any atom is 0.271 e. The Morgan fingerprint density at radius 2 is 2.22 bits per heavy atom. The molecule has 2 heterocycles. The summed E-state index contributed by atoms with van der Waals surface area (Å²) in [6.07, 6.45) is 6.26. The zero-order valence-electron chi connectivity index (χ0n) is 9.79. The maximum atomic E-state index is 11.7. The SMILES string of the molecule is Cn1cc(CNC(=O)c2cnc(NN)cn2)cn1. The highest BCUT2D eigenvalue weighted by atomic mass is 16.1. The van der Waals surface area contributed by atoms with Gasteiger partial charge in [-0.3, -0.25) is 9.48 Å². The van der Waals surface area contributed by atoms with Crippen LogP contribution in [0.4, 0.5) is 5.82 Å². The number of hydrogen-bond acceptors (Lipinski definition) is 6. The Labute approximate surface area is 103 Å². The molecule has 0 radical (unpaired) electrons. The van der Waals surface area contributed by atoms with Crippen molar-refractivity contribution < 1.29 is 4.79 Å². The molecule has 4 N–H and O–H groups in total. The molecule has 0 aliphatic carbocycles. The quantitative estimate of drug-likeness (QED) is 0.492. The molecule has 0 atom stereocenters. The molecule has 8 nitrogen and oxygen atoms in total. The number of amides is 1. The number of aryl methyl sites for hydroxylation is 1. The minimum atomic E-state index is -0.296.